The van der Waals surface area contributed by atoms with E-state index in [1.165, 1.54) is 0 Å². The molecule has 0 spiro atoms. The van der Waals surface area contributed by atoms with Crippen molar-refractivity contribution in [2.75, 3.05) is 18.5 Å². The highest BCUT2D eigenvalue weighted by atomic mass is 16.3. The van der Waals surface area contributed by atoms with E-state index in [1.54, 1.807) is 18.2 Å². The van der Waals surface area contributed by atoms with Crippen LogP contribution >= 0.6 is 0 Å². The van der Waals surface area contributed by atoms with Crippen molar-refractivity contribution < 1.29 is 9.52 Å². The smallest absolute Gasteiger partial charge is 0.227 e. The van der Waals surface area contributed by atoms with Gasteiger partial charge in [-0.25, -0.2) is 4.98 Å². The standard InChI is InChI=1S/C16H13N3O2/c17-10-11-1-6-15-14(9-11)19-16(21-15)12-2-4-13(5-3-12)18-7-8-20/h1-6,9,18,20H,7-8H2. The summed E-state index contributed by atoms with van der Waals surface area (Å²) >= 11 is 0. The fourth-order valence-corrected chi connectivity index (χ4v) is 2.05. The number of nitrogens with one attached hydrogen (secondary N) is 1. The minimum Gasteiger partial charge on any atom is -0.436 e. The van der Waals surface area contributed by atoms with Gasteiger partial charge < -0.3 is 14.8 Å². The van der Waals surface area contributed by atoms with Crippen LogP contribution in [0.3, 0.4) is 0 Å². The van der Waals surface area contributed by atoms with E-state index in [1.807, 2.05) is 24.3 Å². The van der Waals surface area contributed by atoms with E-state index in [2.05, 4.69) is 16.4 Å². The van der Waals surface area contributed by atoms with Gasteiger partial charge in [0.05, 0.1) is 18.2 Å². The van der Waals surface area contributed by atoms with Crippen LogP contribution in [0, 0.1) is 11.3 Å². The zero-order chi connectivity index (χ0) is 14.7. The third-order valence-electron chi connectivity index (χ3n) is 3.09. The van der Waals surface area contributed by atoms with Crippen LogP contribution in [0.25, 0.3) is 22.6 Å². The molecule has 3 rings (SSSR count). The number of hydrogen-bond acceptors (Lipinski definition) is 5. The predicted molar refractivity (Wildman–Crippen MR) is 79.7 cm³/mol. The first kappa shape index (κ1) is 13.2. The molecule has 0 fully saturated rings. The molecule has 0 aliphatic rings. The van der Waals surface area contributed by atoms with Crippen molar-refractivity contribution in [2.45, 2.75) is 0 Å². The van der Waals surface area contributed by atoms with Gasteiger partial charge in [0.25, 0.3) is 0 Å². The van der Waals surface area contributed by atoms with E-state index in [-0.39, 0.29) is 6.61 Å². The molecule has 3 aromatic rings. The highest BCUT2D eigenvalue weighted by Gasteiger charge is 2.08. The van der Waals surface area contributed by atoms with Crippen molar-refractivity contribution in [1.82, 2.24) is 4.98 Å². The van der Waals surface area contributed by atoms with Crippen molar-refractivity contribution in [3.8, 4) is 17.5 Å². The van der Waals surface area contributed by atoms with Crippen molar-refractivity contribution in [3.05, 3.63) is 48.0 Å². The highest BCUT2D eigenvalue weighted by molar-refractivity contribution is 5.77. The van der Waals surface area contributed by atoms with Gasteiger partial charge in [0.2, 0.25) is 5.89 Å². The lowest BCUT2D eigenvalue weighted by Crippen LogP contribution is -2.04. The first-order chi connectivity index (χ1) is 10.3. The van der Waals surface area contributed by atoms with Crippen molar-refractivity contribution in [3.63, 3.8) is 0 Å². The zero-order valence-electron chi connectivity index (χ0n) is 11.2. The predicted octanol–water partition coefficient (Wildman–Crippen LogP) is 2.77. The summed E-state index contributed by atoms with van der Waals surface area (Å²) in [5.41, 5.74) is 3.68. The summed E-state index contributed by atoms with van der Waals surface area (Å²) in [6.45, 7) is 0.604. The second-order valence-electron chi connectivity index (χ2n) is 4.54. The summed E-state index contributed by atoms with van der Waals surface area (Å²) in [6.07, 6.45) is 0. The molecule has 2 N–H and O–H groups in total. The Bertz CT molecular complexity index is 800. The van der Waals surface area contributed by atoms with Gasteiger partial charge in [-0.05, 0) is 42.5 Å². The van der Waals surface area contributed by atoms with Gasteiger partial charge in [-0.3, -0.25) is 0 Å². The lowest BCUT2D eigenvalue weighted by atomic mass is 10.2. The number of oxazole rings is 1. The van der Waals surface area contributed by atoms with Crippen LogP contribution in [-0.2, 0) is 0 Å². The van der Waals surface area contributed by atoms with Gasteiger partial charge in [-0.1, -0.05) is 0 Å². The van der Waals surface area contributed by atoms with Crippen molar-refractivity contribution in [2.24, 2.45) is 0 Å². The number of rotatable bonds is 4. The highest BCUT2D eigenvalue weighted by Crippen LogP contribution is 2.25. The molecule has 0 atom stereocenters. The number of benzene rings is 2. The molecule has 0 aliphatic heterocycles. The first-order valence-electron chi connectivity index (χ1n) is 6.56. The molecule has 0 radical (unpaired) electrons. The number of nitrogens with zero attached hydrogens (tertiary/aromatic N) is 2. The van der Waals surface area contributed by atoms with Gasteiger partial charge in [0, 0.05) is 17.8 Å². The molecule has 0 saturated heterocycles. The van der Waals surface area contributed by atoms with Gasteiger partial charge in [0.1, 0.15) is 5.52 Å². The Morgan fingerprint density at radius 3 is 2.71 bits per heavy atom. The molecule has 2 aromatic carbocycles. The zero-order valence-corrected chi connectivity index (χ0v) is 11.2. The van der Waals surface area contributed by atoms with Crippen molar-refractivity contribution in [1.29, 1.82) is 5.26 Å². The van der Waals surface area contributed by atoms with E-state index in [4.69, 9.17) is 14.8 Å². The average molecular weight is 279 g/mol. The summed E-state index contributed by atoms with van der Waals surface area (Å²) in [7, 11) is 0. The molecule has 104 valence electrons. The quantitative estimate of drug-likeness (QED) is 0.767. The number of aromatic nitrogens is 1. The number of hydrogen-bond donors (Lipinski definition) is 2. The van der Waals surface area contributed by atoms with Crippen molar-refractivity contribution >= 4 is 16.8 Å². The lowest BCUT2D eigenvalue weighted by molar-refractivity contribution is 0.311. The second-order valence-corrected chi connectivity index (χ2v) is 4.54. The fraction of sp³-hybridized carbons (Fsp3) is 0.125. The van der Waals surface area contributed by atoms with Crippen LogP contribution in [0.1, 0.15) is 5.56 Å². The van der Waals surface area contributed by atoms with Crippen LogP contribution in [-0.4, -0.2) is 23.2 Å². The van der Waals surface area contributed by atoms with Crippen LogP contribution in [0.5, 0.6) is 0 Å². The van der Waals surface area contributed by atoms with E-state index < -0.39 is 0 Å². The van der Waals surface area contributed by atoms with E-state index in [9.17, 15) is 0 Å². The first-order valence-corrected chi connectivity index (χ1v) is 6.56. The Kier molecular flexibility index (Phi) is 3.54. The molecule has 21 heavy (non-hydrogen) atoms. The molecule has 1 aromatic heterocycles. The maximum absolute atomic E-state index is 8.89. The molecular formula is C16H13N3O2. The molecule has 1 heterocycles. The molecule has 0 saturated carbocycles. The monoisotopic (exact) mass is 279 g/mol. The summed E-state index contributed by atoms with van der Waals surface area (Å²) in [4.78, 5) is 4.41. The van der Waals surface area contributed by atoms with Gasteiger partial charge in [-0.2, -0.15) is 5.26 Å². The Balaban J connectivity index is 1.91. The molecule has 0 unspecified atom stereocenters. The number of aliphatic hydroxyl groups is 1. The Morgan fingerprint density at radius 1 is 1.19 bits per heavy atom. The summed E-state index contributed by atoms with van der Waals surface area (Å²) < 4.78 is 5.69. The average Bonchev–Trinajstić information content (AvgIpc) is 2.96. The van der Waals surface area contributed by atoms with E-state index in [0.717, 1.165) is 11.3 Å². The third kappa shape index (κ3) is 2.71. The molecular weight excluding hydrogens is 266 g/mol. The lowest BCUT2D eigenvalue weighted by Gasteiger charge is -2.04. The Morgan fingerprint density at radius 2 is 2.00 bits per heavy atom. The minimum absolute atomic E-state index is 0.0914. The largest absolute Gasteiger partial charge is 0.436 e. The van der Waals surface area contributed by atoms with E-state index in [0.29, 0.717) is 29.1 Å². The number of aliphatic hydroxyl groups excluding tert-OH is 1. The number of nitriles is 1. The molecule has 0 amide bonds. The minimum atomic E-state index is 0.0914. The number of anilines is 1. The molecule has 5 nitrogen and oxygen atoms in total. The van der Waals surface area contributed by atoms with Crippen LogP contribution in [0.2, 0.25) is 0 Å². The Labute approximate surface area is 121 Å². The van der Waals surface area contributed by atoms with Gasteiger partial charge >= 0.3 is 0 Å². The summed E-state index contributed by atoms with van der Waals surface area (Å²) in [5, 5.41) is 20.7. The normalized spacial score (nSPS) is 10.5. The molecule has 0 aliphatic carbocycles. The van der Waals surface area contributed by atoms with Gasteiger partial charge in [0.15, 0.2) is 5.58 Å². The maximum atomic E-state index is 8.89. The Hall–Kier alpha value is -2.84. The number of fused-ring (bicyclic) bond motifs is 1. The SMILES string of the molecule is N#Cc1ccc2oc(-c3ccc(NCCO)cc3)nc2c1. The molecule has 5 heteroatoms. The summed E-state index contributed by atoms with van der Waals surface area (Å²) in [5.74, 6) is 0.522. The van der Waals surface area contributed by atoms with Crippen LogP contribution in [0.15, 0.2) is 46.9 Å². The maximum Gasteiger partial charge on any atom is 0.227 e. The fourth-order valence-electron chi connectivity index (χ4n) is 2.05. The second kappa shape index (κ2) is 5.65. The van der Waals surface area contributed by atoms with Crippen LogP contribution in [0.4, 0.5) is 5.69 Å². The van der Waals surface area contributed by atoms with E-state index >= 15 is 0 Å². The summed E-state index contributed by atoms with van der Waals surface area (Å²) in [6, 6.07) is 14.9. The van der Waals surface area contributed by atoms with Gasteiger partial charge in [-0.15, -0.1) is 0 Å². The van der Waals surface area contributed by atoms with Crippen LogP contribution < -0.4 is 5.32 Å². The third-order valence-corrected chi connectivity index (χ3v) is 3.09. The molecule has 0 bridgehead atoms. The topological polar surface area (TPSA) is 82.1 Å².